The first-order valence-corrected chi connectivity index (χ1v) is 10.2. The van der Waals surface area contributed by atoms with Gasteiger partial charge in [0.2, 0.25) is 0 Å². The molecule has 0 fully saturated rings. The van der Waals surface area contributed by atoms with Crippen molar-refractivity contribution in [2.24, 2.45) is 0 Å². The Morgan fingerprint density at radius 1 is 0.857 bits per heavy atom. The van der Waals surface area contributed by atoms with Crippen molar-refractivity contribution in [1.82, 2.24) is 5.32 Å². The average Bonchev–Trinajstić information content (AvgIpc) is 3.21. The smallest absolute Gasteiger partial charge is 0.124 e. The molecule has 0 unspecified atom stereocenters. The number of benzene rings is 3. The minimum Gasteiger partial charge on any atom is -0.488 e. The highest BCUT2D eigenvalue weighted by Crippen LogP contribution is 2.29. The lowest BCUT2D eigenvalue weighted by atomic mass is 10.0. The zero-order valence-electron chi connectivity index (χ0n) is 15.2. The van der Waals surface area contributed by atoms with Crippen molar-refractivity contribution < 1.29 is 4.74 Å². The highest BCUT2D eigenvalue weighted by atomic mass is 35.5. The lowest BCUT2D eigenvalue weighted by Gasteiger charge is -2.15. The number of nitrogens with one attached hydrogen (secondary N) is 1. The van der Waals surface area contributed by atoms with E-state index in [9.17, 15) is 0 Å². The monoisotopic (exact) mass is 429 g/mol. The van der Waals surface area contributed by atoms with Gasteiger partial charge in [-0.05, 0) is 34.4 Å². The summed E-state index contributed by atoms with van der Waals surface area (Å²) in [6.45, 7) is 2.05. The molecule has 0 spiro atoms. The predicted octanol–water partition coefficient (Wildman–Crippen LogP) is 6.85. The number of hydrogen-bond donors (Lipinski definition) is 1. The number of ether oxygens (including phenoxy) is 1. The molecule has 4 aromatic rings. The zero-order valence-corrected chi connectivity index (χ0v) is 17.6. The van der Waals surface area contributed by atoms with E-state index in [2.05, 4.69) is 59.2 Å². The molecule has 1 heterocycles. The van der Waals surface area contributed by atoms with Crippen molar-refractivity contribution >= 4 is 46.1 Å². The molecule has 0 aliphatic rings. The van der Waals surface area contributed by atoms with Crippen molar-refractivity contribution in [3.05, 3.63) is 99.2 Å². The quantitative estimate of drug-likeness (QED) is 0.346. The molecule has 1 aromatic heterocycles. The summed E-state index contributed by atoms with van der Waals surface area (Å²) in [7, 11) is 0. The van der Waals surface area contributed by atoms with E-state index >= 15 is 0 Å². The molecule has 5 heteroatoms. The molecular weight excluding hydrogens is 409 g/mol. The fourth-order valence-electron chi connectivity index (χ4n) is 3.13. The summed E-state index contributed by atoms with van der Waals surface area (Å²) in [5, 5.41) is 8.82. The lowest BCUT2D eigenvalue weighted by Crippen LogP contribution is -2.13. The molecular formula is C23H21Cl2NOS. The van der Waals surface area contributed by atoms with Crippen LogP contribution in [0.5, 0.6) is 5.75 Å². The van der Waals surface area contributed by atoms with E-state index in [-0.39, 0.29) is 12.4 Å². The highest BCUT2D eigenvalue weighted by molar-refractivity contribution is 7.09. The molecule has 0 aliphatic carbocycles. The Hall–Kier alpha value is -2.04. The van der Waals surface area contributed by atoms with E-state index in [1.54, 1.807) is 11.3 Å². The second-order valence-electron chi connectivity index (χ2n) is 6.33. The van der Waals surface area contributed by atoms with Crippen molar-refractivity contribution in [2.45, 2.75) is 19.7 Å². The van der Waals surface area contributed by atoms with Crippen LogP contribution in [-0.4, -0.2) is 0 Å². The summed E-state index contributed by atoms with van der Waals surface area (Å²) in [6, 6.07) is 24.6. The van der Waals surface area contributed by atoms with Crippen molar-refractivity contribution in [1.29, 1.82) is 0 Å². The second kappa shape index (κ2) is 9.94. The molecule has 28 heavy (non-hydrogen) atoms. The van der Waals surface area contributed by atoms with Gasteiger partial charge in [0.05, 0.1) is 0 Å². The van der Waals surface area contributed by atoms with E-state index in [0.29, 0.717) is 6.61 Å². The molecule has 1 N–H and O–H groups in total. The number of fused-ring (bicyclic) bond motifs is 1. The first kappa shape index (κ1) is 20.7. The first-order chi connectivity index (χ1) is 13.3. The number of thiophene rings is 1. The minimum atomic E-state index is 0. The topological polar surface area (TPSA) is 21.3 Å². The van der Waals surface area contributed by atoms with E-state index in [4.69, 9.17) is 16.3 Å². The summed E-state index contributed by atoms with van der Waals surface area (Å²) < 4.78 is 6.18. The second-order valence-corrected chi connectivity index (χ2v) is 7.77. The Bertz CT molecular complexity index is 1030. The predicted molar refractivity (Wildman–Crippen MR) is 122 cm³/mol. The van der Waals surface area contributed by atoms with Gasteiger partial charge in [0.1, 0.15) is 12.4 Å². The number of halogens is 2. The van der Waals surface area contributed by atoms with E-state index in [1.807, 2.05) is 24.3 Å². The Balaban J connectivity index is 0.00000225. The van der Waals surface area contributed by atoms with Crippen LogP contribution in [-0.2, 0) is 19.7 Å². The molecule has 0 saturated carbocycles. The van der Waals surface area contributed by atoms with Crippen molar-refractivity contribution in [3.63, 3.8) is 0 Å². The third kappa shape index (κ3) is 4.86. The maximum absolute atomic E-state index is 6.27. The van der Waals surface area contributed by atoms with E-state index in [1.165, 1.54) is 21.2 Å². The molecule has 0 radical (unpaired) electrons. The van der Waals surface area contributed by atoms with Gasteiger partial charge >= 0.3 is 0 Å². The maximum Gasteiger partial charge on any atom is 0.124 e. The fourth-order valence-corrected chi connectivity index (χ4v) is 3.99. The minimum absolute atomic E-state index is 0. The molecule has 0 amide bonds. The van der Waals surface area contributed by atoms with Crippen molar-refractivity contribution in [3.8, 4) is 5.75 Å². The molecule has 0 aliphatic heterocycles. The summed E-state index contributed by atoms with van der Waals surface area (Å²) in [6.07, 6.45) is 0. The third-order valence-corrected chi connectivity index (χ3v) is 5.76. The van der Waals surface area contributed by atoms with Crippen LogP contribution in [0.15, 0.2) is 78.2 Å². The molecule has 4 rings (SSSR count). The molecule has 2 nitrogen and oxygen atoms in total. The van der Waals surface area contributed by atoms with Crippen LogP contribution < -0.4 is 10.1 Å². The SMILES string of the molecule is Cl.Clc1ccccc1COc1ccc2ccccc2c1CNCc1cccs1. The van der Waals surface area contributed by atoms with E-state index < -0.39 is 0 Å². The lowest BCUT2D eigenvalue weighted by molar-refractivity contribution is 0.303. The van der Waals surface area contributed by atoms with Gasteiger partial charge < -0.3 is 10.1 Å². The average molecular weight is 430 g/mol. The van der Waals surface area contributed by atoms with Gasteiger partial charge in [-0.15, -0.1) is 23.7 Å². The molecule has 3 aromatic carbocycles. The number of rotatable bonds is 7. The standard InChI is InChI=1S/C23H20ClNOS.ClH/c24-22-10-4-2-7-18(22)16-26-23-12-11-17-6-1-3-9-20(17)21(23)15-25-14-19-8-5-13-27-19;/h1-13,25H,14-16H2;1H. The summed E-state index contributed by atoms with van der Waals surface area (Å²) in [4.78, 5) is 1.33. The van der Waals surface area contributed by atoms with Crippen LogP contribution >= 0.6 is 35.3 Å². The van der Waals surface area contributed by atoms with Crippen LogP contribution in [0.2, 0.25) is 5.02 Å². The Labute approximate surface area is 180 Å². The van der Waals surface area contributed by atoms with Gasteiger partial charge in [0, 0.05) is 34.1 Å². The molecule has 144 valence electrons. The van der Waals surface area contributed by atoms with Gasteiger partial charge in [0.15, 0.2) is 0 Å². The Morgan fingerprint density at radius 3 is 2.50 bits per heavy atom. The van der Waals surface area contributed by atoms with Gasteiger partial charge in [-0.2, -0.15) is 0 Å². The molecule has 0 atom stereocenters. The van der Waals surface area contributed by atoms with Crippen molar-refractivity contribution in [2.75, 3.05) is 0 Å². The summed E-state index contributed by atoms with van der Waals surface area (Å²) in [5.74, 6) is 0.896. The van der Waals surface area contributed by atoms with Crippen LogP contribution in [0.1, 0.15) is 16.0 Å². The third-order valence-electron chi connectivity index (χ3n) is 4.52. The molecule has 0 bridgehead atoms. The van der Waals surface area contributed by atoms with Crippen LogP contribution in [0.25, 0.3) is 10.8 Å². The van der Waals surface area contributed by atoms with Gasteiger partial charge in [-0.25, -0.2) is 0 Å². The maximum atomic E-state index is 6.27. The Morgan fingerprint density at radius 2 is 1.68 bits per heavy atom. The van der Waals surface area contributed by atoms with Gasteiger partial charge in [0.25, 0.3) is 0 Å². The fraction of sp³-hybridized carbons (Fsp3) is 0.130. The number of hydrogen-bond acceptors (Lipinski definition) is 3. The van der Waals surface area contributed by atoms with Crippen LogP contribution in [0, 0.1) is 0 Å². The normalized spacial score (nSPS) is 10.6. The van der Waals surface area contributed by atoms with Gasteiger partial charge in [-0.3, -0.25) is 0 Å². The highest BCUT2D eigenvalue weighted by Gasteiger charge is 2.10. The van der Waals surface area contributed by atoms with E-state index in [0.717, 1.165) is 29.4 Å². The first-order valence-electron chi connectivity index (χ1n) is 8.91. The molecule has 0 saturated heterocycles. The van der Waals surface area contributed by atoms with Gasteiger partial charge in [-0.1, -0.05) is 66.2 Å². The zero-order chi connectivity index (χ0) is 18.5. The van der Waals surface area contributed by atoms with Crippen LogP contribution in [0.3, 0.4) is 0 Å². The van der Waals surface area contributed by atoms with Crippen LogP contribution in [0.4, 0.5) is 0 Å². The largest absolute Gasteiger partial charge is 0.488 e. The summed E-state index contributed by atoms with van der Waals surface area (Å²) in [5.41, 5.74) is 2.17. The summed E-state index contributed by atoms with van der Waals surface area (Å²) >= 11 is 8.04. The Kier molecular flexibility index (Phi) is 7.35.